The van der Waals surface area contributed by atoms with E-state index in [0.717, 1.165) is 60.9 Å². The minimum Gasteiger partial charge on any atom is -0.497 e. The number of rotatable bonds is 12. The molecule has 1 atom stereocenters. The maximum atomic E-state index is 15.3. The molecular weight excluding hydrogens is 741 g/mol. The molecule has 0 radical (unpaired) electrons. The molecule has 3 aromatic carbocycles. The molecule has 1 aliphatic heterocycles. The number of aromatic carboxylic acids is 1. The van der Waals surface area contributed by atoms with Crippen molar-refractivity contribution in [1.29, 1.82) is 0 Å². The molecule has 55 heavy (non-hydrogen) atoms. The molecule has 1 amide bonds. The number of carboxylic acids is 1. The molecule has 13 heteroatoms. The summed E-state index contributed by atoms with van der Waals surface area (Å²) in [4.78, 5) is 29.6. The van der Waals surface area contributed by atoms with E-state index >= 15 is 4.79 Å². The molecule has 0 saturated carbocycles. The van der Waals surface area contributed by atoms with E-state index < -0.39 is 5.97 Å². The highest BCUT2D eigenvalue weighted by molar-refractivity contribution is 6.35. The zero-order valence-corrected chi connectivity index (χ0v) is 33.9. The highest BCUT2D eigenvalue weighted by Crippen LogP contribution is 2.46. The fraction of sp³-hybridized carbons (Fsp3) is 0.357. The van der Waals surface area contributed by atoms with Crippen molar-refractivity contribution in [3.8, 4) is 22.6 Å². The number of aryl methyl sites for hydroxylation is 5. The number of aromatic nitrogens is 4. The Morgan fingerprint density at radius 1 is 0.964 bits per heavy atom. The SMILES string of the molecule is COCCn1cc(C(=O)O)c2cc(OC)cc(N3C[C@@H](C)n4c(c(CCCOc5cc(C)c(Cl)c(C)c5)c5ccc(Cl)c(-c6c(C)nn(C)c6C)c54)C3=O)c21. The van der Waals surface area contributed by atoms with Gasteiger partial charge in [0, 0.05) is 78.2 Å². The van der Waals surface area contributed by atoms with Crippen LogP contribution in [0, 0.1) is 27.7 Å². The third-order valence-corrected chi connectivity index (χ3v) is 11.7. The van der Waals surface area contributed by atoms with Gasteiger partial charge in [0.1, 0.15) is 17.2 Å². The Hall–Kier alpha value is -4.97. The second-order valence-electron chi connectivity index (χ2n) is 14.3. The summed E-state index contributed by atoms with van der Waals surface area (Å²) in [6.45, 7) is 11.5. The van der Waals surface area contributed by atoms with Crippen molar-refractivity contribution >= 4 is 62.6 Å². The molecule has 0 saturated heterocycles. The van der Waals surface area contributed by atoms with Gasteiger partial charge in [-0.2, -0.15) is 5.10 Å². The van der Waals surface area contributed by atoms with E-state index in [1.165, 1.54) is 7.11 Å². The third kappa shape index (κ3) is 6.51. The summed E-state index contributed by atoms with van der Waals surface area (Å²) in [7, 11) is 5.05. The van der Waals surface area contributed by atoms with Gasteiger partial charge in [-0.1, -0.05) is 29.3 Å². The number of carbonyl (C=O) groups excluding carboxylic acids is 1. The Bertz CT molecular complexity index is 2490. The summed E-state index contributed by atoms with van der Waals surface area (Å²) in [5.74, 6) is -0.0861. The largest absolute Gasteiger partial charge is 0.497 e. The van der Waals surface area contributed by atoms with Gasteiger partial charge in [0.05, 0.1) is 53.3 Å². The molecule has 11 nitrogen and oxygen atoms in total. The van der Waals surface area contributed by atoms with Crippen molar-refractivity contribution in [1.82, 2.24) is 18.9 Å². The van der Waals surface area contributed by atoms with Crippen molar-refractivity contribution in [2.75, 3.05) is 38.9 Å². The average molecular weight is 787 g/mol. The smallest absolute Gasteiger partial charge is 0.337 e. The van der Waals surface area contributed by atoms with Gasteiger partial charge in [0.15, 0.2) is 0 Å². The van der Waals surface area contributed by atoms with Crippen molar-refractivity contribution in [3.05, 3.63) is 92.0 Å². The molecule has 6 aromatic rings. The van der Waals surface area contributed by atoms with Crippen molar-refractivity contribution < 1.29 is 28.9 Å². The normalized spacial score (nSPS) is 14.3. The zero-order chi connectivity index (χ0) is 39.5. The molecular formula is C42H45Cl2N5O6. The lowest BCUT2D eigenvalue weighted by atomic mass is 9.98. The molecule has 7 rings (SSSR count). The first-order valence-electron chi connectivity index (χ1n) is 18.3. The molecule has 0 fully saturated rings. The number of fused-ring (bicyclic) bond motifs is 4. The Balaban J connectivity index is 1.41. The number of benzene rings is 3. The fourth-order valence-electron chi connectivity index (χ4n) is 8.19. The van der Waals surface area contributed by atoms with Crippen molar-refractivity contribution in [2.24, 2.45) is 7.05 Å². The molecule has 3 aromatic heterocycles. The number of hydrogen-bond donors (Lipinski definition) is 1. The van der Waals surface area contributed by atoms with Gasteiger partial charge in [-0.25, -0.2) is 4.79 Å². The van der Waals surface area contributed by atoms with Crippen molar-refractivity contribution in [2.45, 2.75) is 60.0 Å². The molecule has 0 spiro atoms. The maximum Gasteiger partial charge on any atom is 0.337 e. The number of amides is 1. The van der Waals surface area contributed by atoms with Crippen LogP contribution in [-0.2, 0) is 24.8 Å². The summed E-state index contributed by atoms with van der Waals surface area (Å²) >= 11 is 13.5. The van der Waals surface area contributed by atoms with E-state index in [1.807, 2.05) is 74.3 Å². The summed E-state index contributed by atoms with van der Waals surface area (Å²) in [6, 6.07) is 11.1. The summed E-state index contributed by atoms with van der Waals surface area (Å²) < 4.78 is 23.2. The maximum absolute atomic E-state index is 15.3. The second-order valence-corrected chi connectivity index (χ2v) is 15.1. The Morgan fingerprint density at radius 2 is 1.69 bits per heavy atom. The number of nitrogens with zero attached hydrogens (tertiary/aromatic N) is 5. The summed E-state index contributed by atoms with van der Waals surface area (Å²) in [6.07, 6.45) is 2.78. The molecule has 1 N–H and O–H groups in total. The van der Waals surface area contributed by atoms with Gasteiger partial charge >= 0.3 is 5.97 Å². The average Bonchev–Trinajstić information content (AvgIpc) is 3.77. The van der Waals surface area contributed by atoms with Crippen LogP contribution >= 0.6 is 23.2 Å². The molecule has 0 unspecified atom stereocenters. The first-order valence-corrected chi connectivity index (χ1v) is 19.0. The number of methoxy groups -OCH3 is 2. The van der Waals surface area contributed by atoms with Crippen LogP contribution in [-0.4, -0.2) is 69.9 Å². The Morgan fingerprint density at radius 3 is 2.33 bits per heavy atom. The number of hydrogen-bond acceptors (Lipinski definition) is 6. The topological polar surface area (TPSA) is 113 Å². The number of ether oxygens (including phenoxy) is 3. The summed E-state index contributed by atoms with van der Waals surface area (Å²) in [5, 5.41) is 17.7. The van der Waals surface area contributed by atoms with Gasteiger partial charge in [0.25, 0.3) is 5.91 Å². The van der Waals surface area contributed by atoms with Crippen LogP contribution in [0.1, 0.15) is 68.3 Å². The third-order valence-electron chi connectivity index (χ3n) is 10.8. The van der Waals surface area contributed by atoms with Crippen LogP contribution in [0.25, 0.3) is 32.9 Å². The zero-order valence-electron chi connectivity index (χ0n) is 32.3. The van der Waals surface area contributed by atoms with Gasteiger partial charge in [-0.15, -0.1) is 0 Å². The first kappa shape index (κ1) is 38.3. The predicted octanol–water partition coefficient (Wildman–Crippen LogP) is 9.12. The van der Waals surface area contributed by atoms with Crippen LogP contribution in [0.4, 0.5) is 5.69 Å². The minimum absolute atomic E-state index is 0.117. The highest BCUT2D eigenvalue weighted by atomic mass is 35.5. The van der Waals surface area contributed by atoms with E-state index in [-0.39, 0.29) is 17.5 Å². The van der Waals surface area contributed by atoms with Crippen LogP contribution in [0.3, 0.4) is 0 Å². The first-order chi connectivity index (χ1) is 26.3. The lowest BCUT2D eigenvalue weighted by molar-refractivity contribution is 0.0698. The van der Waals surface area contributed by atoms with Gasteiger partial charge in [-0.05, 0) is 88.4 Å². The van der Waals surface area contributed by atoms with Gasteiger partial charge in [-0.3, -0.25) is 9.48 Å². The second kappa shape index (κ2) is 14.9. The lowest BCUT2D eigenvalue weighted by Crippen LogP contribution is -2.43. The molecule has 0 aliphatic carbocycles. The number of halogens is 2. The Kier molecular flexibility index (Phi) is 10.4. The molecule has 4 heterocycles. The number of carboxylic acid groups (broad SMARTS) is 1. The van der Waals surface area contributed by atoms with E-state index in [9.17, 15) is 9.90 Å². The Labute approximate surface area is 329 Å². The number of carbonyl (C=O) groups is 2. The van der Waals surface area contributed by atoms with E-state index in [1.54, 1.807) is 24.3 Å². The van der Waals surface area contributed by atoms with E-state index in [2.05, 4.69) is 11.5 Å². The number of anilines is 1. The van der Waals surface area contributed by atoms with Gasteiger partial charge < -0.3 is 33.4 Å². The molecule has 0 bridgehead atoms. The predicted molar refractivity (Wildman–Crippen MR) is 217 cm³/mol. The highest BCUT2D eigenvalue weighted by Gasteiger charge is 2.38. The van der Waals surface area contributed by atoms with Gasteiger partial charge in [0.2, 0.25) is 0 Å². The molecule has 288 valence electrons. The van der Waals surface area contributed by atoms with Crippen LogP contribution in [0.2, 0.25) is 10.0 Å². The molecule has 1 aliphatic rings. The fourth-order valence-corrected chi connectivity index (χ4v) is 8.54. The van der Waals surface area contributed by atoms with Crippen LogP contribution in [0.15, 0.2) is 42.6 Å². The quantitative estimate of drug-likeness (QED) is 0.123. The van der Waals surface area contributed by atoms with Crippen molar-refractivity contribution in [3.63, 3.8) is 0 Å². The van der Waals surface area contributed by atoms with Crippen LogP contribution in [0.5, 0.6) is 11.5 Å². The standard InChI is InChI=1S/C42H45Cl2N5O6/c1-22-16-28(17-23(2)37(22)44)55-14-9-10-29-30-11-12-33(43)36(35-25(4)45-46(6)26(35)5)39(30)49-24(3)20-48(41(50)40(29)49)34-19-27(54-8)18-31-32(42(51)52)21-47(38(31)34)13-15-53-7/h11-12,16-19,21,24H,9-10,13-15,20H2,1-8H3,(H,51,52)/t24-/m1/s1. The lowest BCUT2D eigenvalue weighted by Gasteiger charge is -2.35. The van der Waals surface area contributed by atoms with E-state index in [4.69, 9.17) is 42.5 Å². The minimum atomic E-state index is -1.07. The van der Waals surface area contributed by atoms with Crippen LogP contribution < -0.4 is 14.4 Å². The summed E-state index contributed by atoms with van der Waals surface area (Å²) in [5.41, 5.74) is 9.11. The van der Waals surface area contributed by atoms with E-state index in [0.29, 0.717) is 72.2 Å². The monoisotopic (exact) mass is 785 g/mol.